The van der Waals surface area contributed by atoms with Crippen LogP contribution in [0.1, 0.15) is 12.8 Å². The first kappa shape index (κ1) is 14.7. The molecule has 1 aliphatic rings. The molecule has 20 heavy (non-hydrogen) atoms. The topological polar surface area (TPSA) is 101 Å². The number of hydrogen-bond donors (Lipinski definition) is 3. The number of carbonyl (C=O) groups is 1. The summed E-state index contributed by atoms with van der Waals surface area (Å²) in [5.74, 6) is -2.70. The normalized spacial score (nSPS) is 19.7. The van der Waals surface area contributed by atoms with Crippen LogP contribution in [0.4, 0.5) is 14.5 Å². The van der Waals surface area contributed by atoms with Crippen LogP contribution in [0.5, 0.6) is 0 Å². The first-order valence-electron chi connectivity index (χ1n) is 5.83. The third-order valence-electron chi connectivity index (χ3n) is 2.88. The van der Waals surface area contributed by atoms with E-state index in [0.717, 1.165) is 12.1 Å². The summed E-state index contributed by atoms with van der Waals surface area (Å²) in [6.45, 7) is 0.0796. The molecule has 4 N–H and O–H groups in total. The zero-order valence-electron chi connectivity index (χ0n) is 10.3. The number of carbonyl (C=O) groups excluding carboxylic acids is 1. The first-order chi connectivity index (χ1) is 9.29. The second kappa shape index (κ2) is 5.33. The van der Waals surface area contributed by atoms with E-state index in [-0.39, 0.29) is 31.0 Å². The molecule has 0 bridgehead atoms. The van der Waals surface area contributed by atoms with E-state index in [4.69, 9.17) is 5.73 Å². The van der Waals surface area contributed by atoms with E-state index in [1.165, 1.54) is 0 Å². The molecule has 1 atom stereocenters. The maximum Gasteiger partial charge on any atom is 0.246 e. The number of anilines is 1. The Balaban J connectivity index is 2.25. The molecule has 1 fully saturated rings. The Bertz CT molecular complexity index is 615. The summed E-state index contributed by atoms with van der Waals surface area (Å²) >= 11 is 0. The summed E-state index contributed by atoms with van der Waals surface area (Å²) in [4.78, 5) is 9.90. The highest BCUT2D eigenvalue weighted by Gasteiger charge is 2.29. The fraction of sp³-hybridized carbons (Fsp3) is 0.364. The van der Waals surface area contributed by atoms with Gasteiger partial charge in [-0.3, -0.25) is 4.79 Å². The molecule has 9 heteroatoms. The van der Waals surface area contributed by atoms with Crippen molar-refractivity contribution in [1.82, 2.24) is 10.0 Å². The average Bonchev–Trinajstić information content (AvgIpc) is 2.30. The molecule has 0 saturated carbocycles. The number of nitrogens with two attached hydrogens (primary N) is 1. The molecule has 0 spiro atoms. The summed E-state index contributed by atoms with van der Waals surface area (Å²) in [7, 11) is -4.36. The molecule has 1 aromatic carbocycles. The Kier molecular flexibility index (Phi) is 3.91. The van der Waals surface area contributed by atoms with Gasteiger partial charge in [-0.25, -0.2) is 21.9 Å². The Hall–Kier alpha value is -1.74. The lowest BCUT2D eigenvalue weighted by atomic mass is 10.1. The number of nitrogen functional groups attached to an aromatic ring is 1. The predicted octanol–water partition coefficient (Wildman–Crippen LogP) is 0.104. The van der Waals surface area contributed by atoms with E-state index in [1.807, 2.05) is 0 Å². The molecule has 1 saturated heterocycles. The molecule has 2 rings (SSSR count). The SMILES string of the molecule is Nc1cc(F)c(S(=O)(=O)NC2CCC(=O)NC2)c(F)c1. The molecule has 0 aliphatic carbocycles. The Morgan fingerprint density at radius 3 is 2.40 bits per heavy atom. The Labute approximate surface area is 114 Å². The molecule has 1 unspecified atom stereocenters. The minimum Gasteiger partial charge on any atom is -0.399 e. The highest BCUT2D eigenvalue weighted by atomic mass is 32.2. The van der Waals surface area contributed by atoms with Crippen LogP contribution >= 0.6 is 0 Å². The maximum absolute atomic E-state index is 13.6. The van der Waals surface area contributed by atoms with Gasteiger partial charge in [-0.2, -0.15) is 0 Å². The van der Waals surface area contributed by atoms with E-state index in [1.54, 1.807) is 0 Å². The highest BCUT2D eigenvalue weighted by Crippen LogP contribution is 2.22. The number of amides is 1. The van der Waals surface area contributed by atoms with Gasteiger partial charge in [0, 0.05) is 24.7 Å². The van der Waals surface area contributed by atoms with Gasteiger partial charge in [0.25, 0.3) is 0 Å². The third kappa shape index (κ3) is 3.05. The van der Waals surface area contributed by atoms with Crippen LogP contribution in [0.2, 0.25) is 0 Å². The number of halogens is 2. The summed E-state index contributed by atoms with van der Waals surface area (Å²) in [5, 5.41) is 2.47. The van der Waals surface area contributed by atoms with Crippen molar-refractivity contribution < 1.29 is 22.0 Å². The number of benzene rings is 1. The van der Waals surface area contributed by atoms with Crippen LogP contribution in [0.3, 0.4) is 0 Å². The van der Waals surface area contributed by atoms with Crippen molar-refractivity contribution in [3.05, 3.63) is 23.8 Å². The fourth-order valence-corrected chi connectivity index (χ4v) is 3.34. The Morgan fingerprint density at radius 1 is 1.30 bits per heavy atom. The number of sulfonamides is 1. The minimum atomic E-state index is -4.36. The van der Waals surface area contributed by atoms with Gasteiger partial charge in [0.1, 0.15) is 11.6 Å². The summed E-state index contributed by atoms with van der Waals surface area (Å²) in [5.41, 5.74) is 5.02. The highest BCUT2D eigenvalue weighted by molar-refractivity contribution is 7.89. The molecule has 1 aliphatic heterocycles. The van der Waals surface area contributed by atoms with Crippen molar-refractivity contribution in [1.29, 1.82) is 0 Å². The molecule has 1 heterocycles. The van der Waals surface area contributed by atoms with Crippen molar-refractivity contribution in [2.45, 2.75) is 23.8 Å². The lowest BCUT2D eigenvalue weighted by molar-refractivity contribution is -0.122. The largest absolute Gasteiger partial charge is 0.399 e. The molecule has 6 nitrogen and oxygen atoms in total. The van der Waals surface area contributed by atoms with Crippen molar-refractivity contribution in [3.8, 4) is 0 Å². The van der Waals surface area contributed by atoms with Crippen molar-refractivity contribution in [2.24, 2.45) is 0 Å². The smallest absolute Gasteiger partial charge is 0.246 e. The molecule has 1 amide bonds. The van der Waals surface area contributed by atoms with Crippen molar-refractivity contribution in [2.75, 3.05) is 12.3 Å². The van der Waals surface area contributed by atoms with Gasteiger partial charge < -0.3 is 11.1 Å². The van der Waals surface area contributed by atoms with Gasteiger partial charge >= 0.3 is 0 Å². The van der Waals surface area contributed by atoms with Crippen LogP contribution in [-0.4, -0.2) is 26.9 Å². The van der Waals surface area contributed by atoms with E-state index in [9.17, 15) is 22.0 Å². The Morgan fingerprint density at radius 2 is 1.90 bits per heavy atom. The lowest BCUT2D eigenvalue weighted by Gasteiger charge is -2.23. The predicted molar refractivity (Wildman–Crippen MR) is 67.1 cm³/mol. The van der Waals surface area contributed by atoms with Crippen LogP contribution in [0.25, 0.3) is 0 Å². The second-order valence-electron chi connectivity index (χ2n) is 4.47. The van der Waals surface area contributed by atoms with E-state index in [0.29, 0.717) is 0 Å². The monoisotopic (exact) mass is 305 g/mol. The zero-order valence-corrected chi connectivity index (χ0v) is 11.1. The van der Waals surface area contributed by atoms with E-state index >= 15 is 0 Å². The van der Waals surface area contributed by atoms with Crippen LogP contribution in [0.15, 0.2) is 17.0 Å². The van der Waals surface area contributed by atoms with E-state index in [2.05, 4.69) is 10.0 Å². The first-order valence-corrected chi connectivity index (χ1v) is 7.31. The van der Waals surface area contributed by atoms with Crippen molar-refractivity contribution in [3.63, 3.8) is 0 Å². The van der Waals surface area contributed by atoms with Gasteiger partial charge in [-0.05, 0) is 18.6 Å². The number of rotatable bonds is 3. The summed E-state index contributed by atoms with van der Waals surface area (Å²) < 4.78 is 53.4. The quantitative estimate of drug-likeness (QED) is 0.690. The maximum atomic E-state index is 13.6. The summed E-state index contributed by atoms with van der Waals surface area (Å²) in [6.07, 6.45) is 0.420. The third-order valence-corrected chi connectivity index (χ3v) is 4.45. The van der Waals surface area contributed by atoms with Crippen molar-refractivity contribution >= 4 is 21.6 Å². The van der Waals surface area contributed by atoms with Crippen LogP contribution < -0.4 is 15.8 Å². The lowest BCUT2D eigenvalue weighted by Crippen LogP contribution is -2.47. The molecule has 0 radical (unpaired) electrons. The van der Waals surface area contributed by atoms with Crippen LogP contribution in [-0.2, 0) is 14.8 Å². The molecular weight excluding hydrogens is 292 g/mol. The van der Waals surface area contributed by atoms with Gasteiger partial charge in [0.15, 0.2) is 4.90 Å². The van der Waals surface area contributed by atoms with E-state index < -0.39 is 32.6 Å². The number of piperidine rings is 1. The fourth-order valence-electron chi connectivity index (χ4n) is 1.95. The second-order valence-corrected chi connectivity index (χ2v) is 6.13. The number of hydrogen-bond acceptors (Lipinski definition) is 4. The standard InChI is InChI=1S/C11H13F2N3O3S/c12-8-3-6(14)4-9(13)11(8)20(18,19)16-7-1-2-10(17)15-5-7/h3-4,7,16H,1-2,5,14H2,(H,15,17). The molecule has 110 valence electrons. The molecular formula is C11H13F2N3O3S. The van der Waals surface area contributed by atoms with Gasteiger partial charge in [0.2, 0.25) is 15.9 Å². The molecule has 0 aromatic heterocycles. The van der Waals surface area contributed by atoms with Gasteiger partial charge in [-0.15, -0.1) is 0 Å². The average molecular weight is 305 g/mol. The van der Waals surface area contributed by atoms with Crippen LogP contribution in [0, 0.1) is 11.6 Å². The number of nitrogens with one attached hydrogen (secondary N) is 2. The minimum absolute atomic E-state index is 0.0796. The van der Waals surface area contributed by atoms with Gasteiger partial charge in [-0.1, -0.05) is 0 Å². The van der Waals surface area contributed by atoms with Gasteiger partial charge in [0.05, 0.1) is 0 Å². The zero-order chi connectivity index (χ0) is 14.9. The summed E-state index contributed by atoms with van der Waals surface area (Å²) in [6, 6.07) is 0.870. The molecule has 1 aromatic rings.